The number of nitrogens with zero attached hydrogens (tertiary/aromatic N) is 3. The summed E-state index contributed by atoms with van der Waals surface area (Å²) in [6.45, 7) is 9.26. The highest BCUT2D eigenvalue weighted by molar-refractivity contribution is 6.00. The molecular formula is C24H25N3O4. The maximum absolute atomic E-state index is 12.7. The molecule has 0 spiro atoms. The maximum Gasteiger partial charge on any atom is 0.416 e. The molecule has 0 radical (unpaired) electrons. The molecule has 7 nitrogen and oxygen atoms in total. The fourth-order valence-corrected chi connectivity index (χ4v) is 4.18. The van der Waals surface area contributed by atoms with Crippen LogP contribution in [0, 0.1) is 6.92 Å². The van der Waals surface area contributed by atoms with Crippen molar-refractivity contribution in [1.82, 2.24) is 9.38 Å². The molecule has 0 saturated heterocycles. The highest BCUT2D eigenvalue weighted by atomic mass is 16.6. The number of carbonyl (C=O) groups is 3. The first-order valence-corrected chi connectivity index (χ1v) is 10.2. The molecule has 3 aromatic heterocycles. The third kappa shape index (κ3) is 3.50. The molecule has 1 amide bonds. The number of aldehydes is 1. The standard InChI is InChI=1S/C24H25N3O4/c1-14-16(13-28)12-20-18(7-10-26(20)21(14)15(2)29)17-6-9-25-22-19(17)8-11-27(22)23(30)31-24(3,4)5/h6-7,9-10,12-13H,8,11H2,1-5H3. The third-order valence-electron chi connectivity index (χ3n) is 5.49. The third-order valence-corrected chi connectivity index (χ3v) is 5.49. The molecule has 0 aromatic carbocycles. The van der Waals surface area contributed by atoms with E-state index in [-0.39, 0.29) is 5.78 Å². The average molecular weight is 419 g/mol. The van der Waals surface area contributed by atoms with Gasteiger partial charge in [-0.05, 0) is 63.4 Å². The fourth-order valence-electron chi connectivity index (χ4n) is 4.18. The zero-order valence-corrected chi connectivity index (χ0v) is 18.4. The van der Waals surface area contributed by atoms with Gasteiger partial charge in [0.1, 0.15) is 17.7 Å². The smallest absolute Gasteiger partial charge is 0.416 e. The van der Waals surface area contributed by atoms with Crippen molar-refractivity contribution in [1.29, 1.82) is 0 Å². The Kier molecular flexibility index (Phi) is 4.92. The first kappa shape index (κ1) is 20.8. The molecule has 0 bridgehead atoms. The van der Waals surface area contributed by atoms with Crippen LogP contribution >= 0.6 is 0 Å². The van der Waals surface area contributed by atoms with Gasteiger partial charge in [-0.2, -0.15) is 0 Å². The highest BCUT2D eigenvalue weighted by Gasteiger charge is 2.32. The van der Waals surface area contributed by atoms with E-state index < -0.39 is 11.7 Å². The normalized spacial score (nSPS) is 13.4. The molecule has 3 aromatic rings. The van der Waals surface area contributed by atoms with Crippen molar-refractivity contribution in [3.8, 4) is 11.1 Å². The van der Waals surface area contributed by atoms with Crippen LogP contribution in [-0.2, 0) is 11.2 Å². The first-order chi connectivity index (χ1) is 14.6. The number of carbonyl (C=O) groups excluding carboxylic acids is 3. The molecule has 31 heavy (non-hydrogen) atoms. The summed E-state index contributed by atoms with van der Waals surface area (Å²) >= 11 is 0. The van der Waals surface area contributed by atoms with Crippen molar-refractivity contribution in [2.24, 2.45) is 0 Å². The van der Waals surface area contributed by atoms with Gasteiger partial charge in [0.05, 0.1) is 11.2 Å². The van der Waals surface area contributed by atoms with E-state index in [2.05, 4.69) is 4.98 Å². The highest BCUT2D eigenvalue weighted by Crippen LogP contribution is 2.38. The van der Waals surface area contributed by atoms with Gasteiger partial charge in [-0.3, -0.25) is 14.5 Å². The molecule has 0 atom stereocenters. The average Bonchev–Trinajstić information content (AvgIpc) is 3.29. The number of pyridine rings is 2. The molecule has 1 aliphatic heterocycles. The van der Waals surface area contributed by atoms with Crippen LogP contribution in [0.1, 0.15) is 59.7 Å². The summed E-state index contributed by atoms with van der Waals surface area (Å²) in [7, 11) is 0. The van der Waals surface area contributed by atoms with E-state index in [0.29, 0.717) is 35.6 Å². The van der Waals surface area contributed by atoms with Crippen molar-refractivity contribution in [3.05, 3.63) is 53.0 Å². The predicted molar refractivity (Wildman–Crippen MR) is 118 cm³/mol. The van der Waals surface area contributed by atoms with Crippen LogP contribution in [0.4, 0.5) is 10.6 Å². The Labute approximate surface area is 180 Å². The lowest BCUT2D eigenvalue weighted by atomic mass is 9.99. The number of anilines is 1. The topological polar surface area (TPSA) is 81.0 Å². The van der Waals surface area contributed by atoms with E-state index in [1.165, 1.54) is 6.92 Å². The van der Waals surface area contributed by atoms with E-state index in [1.807, 2.05) is 43.5 Å². The number of ketones is 1. The van der Waals surface area contributed by atoms with Gasteiger partial charge in [-0.15, -0.1) is 0 Å². The zero-order chi connectivity index (χ0) is 22.5. The molecule has 0 unspecified atom stereocenters. The number of rotatable bonds is 3. The minimum absolute atomic E-state index is 0.107. The van der Waals surface area contributed by atoms with E-state index >= 15 is 0 Å². The van der Waals surface area contributed by atoms with E-state index in [9.17, 15) is 14.4 Å². The van der Waals surface area contributed by atoms with Gasteiger partial charge in [0.2, 0.25) is 0 Å². The predicted octanol–water partition coefficient (Wildman–Crippen LogP) is 4.62. The van der Waals surface area contributed by atoms with Gasteiger partial charge in [0, 0.05) is 42.6 Å². The van der Waals surface area contributed by atoms with Gasteiger partial charge in [-0.1, -0.05) is 0 Å². The van der Waals surface area contributed by atoms with Crippen LogP contribution in [0.5, 0.6) is 0 Å². The number of ether oxygens (including phenoxy) is 1. The van der Waals surface area contributed by atoms with Gasteiger partial charge in [0.15, 0.2) is 5.78 Å². The van der Waals surface area contributed by atoms with E-state index in [0.717, 1.165) is 28.5 Å². The maximum atomic E-state index is 12.7. The minimum Gasteiger partial charge on any atom is -0.443 e. The second-order valence-electron chi connectivity index (χ2n) is 8.77. The summed E-state index contributed by atoms with van der Waals surface area (Å²) in [5, 5.41) is 0. The quantitative estimate of drug-likeness (QED) is 0.457. The largest absolute Gasteiger partial charge is 0.443 e. The van der Waals surface area contributed by atoms with Crippen LogP contribution in [-0.4, -0.2) is 39.7 Å². The van der Waals surface area contributed by atoms with Crippen molar-refractivity contribution >= 4 is 29.5 Å². The number of hydrogen-bond donors (Lipinski definition) is 0. The molecule has 4 rings (SSSR count). The fraction of sp³-hybridized carbons (Fsp3) is 0.333. The van der Waals surface area contributed by atoms with Gasteiger partial charge < -0.3 is 9.14 Å². The second kappa shape index (κ2) is 7.34. The number of fused-ring (bicyclic) bond motifs is 2. The number of aromatic nitrogens is 2. The second-order valence-corrected chi connectivity index (χ2v) is 8.77. The molecule has 7 heteroatoms. The number of amides is 1. The Morgan fingerprint density at radius 3 is 2.58 bits per heavy atom. The van der Waals surface area contributed by atoms with Crippen LogP contribution in [0.3, 0.4) is 0 Å². The molecular weight excluding hydrogens is 394 g/mol. The Hall–Kier alpha value is -3.48. The number of Topliss-reactive ketones (excluding diaryl/α,β-unsaturated/α-hetero) is 1. The van der Waals surface area contributed by atoms with Crippen LogP contribution in [0.25, 0.3) is 16.6 Å². The SMILES string of the molecule is CC(=O)c1c(C)c(C=O)cc2c(-c3ccnc4c3CCN4C(=O)OC(C)(C)C)ccn12. The summed E-state index contributed by atoms with van der Waals surface area (Å²) in [5.74, 6) is 0.477. The summed E-state index contributed by atoms with van der Waals surface area (Å²) in [6, 6.07) is 5.64. The lowest BCUT2D eigenvalue weighted by molar-refractivity contribution is 0.0582. The van der Waals surface area contributed by atoms with Crippen LogP contribution in [0.2, 0.25) is 0 Å². The lowest BCUT2D eigenvalue weighted by Gasteiger charge is -2.24. The van der Waals surface area contributed by atoms with Gasteiger partial charge in [0.25, 0.3) is 0 Å². The molecule has 0 saturated carbocycles. The van der Waals surface area contributed by atoms with Gasteiger partial charge in [-0.25, -0.2) is 9.78 Å². The van der Waals surface area contributed by atoms with E-state index in [4.69, 9.17) is 4.74 Å². The summed E-state index contributed by atoms with van der Waals surface area (Å²) < 4.78 is 7.36. The Balaban J connectivity index is 1.86. The molecule has 4 heterocycles. The molecule has 0 aliphatic carbocycles. The molecule has 0 fully saturated rings. The Morgan fingerprint density at radius 1 is 1.19 bits per heavy atom. The van der Waals surface area contributed by atoms with Crippen molar-refractivity contribution in [2.75, 3.05) is 11.4 Å². The van der Waals surface area contributed by atoms with Crippen molar-refractivity contribution in [2.45, 2.75) is 46.6 Å². The van der Waals surface area contributed by atoms with Crippen LogP contribution in [0.15, 0.2) is 30.6 Å². The molecule has 0 N–H and O–H groups in total. The molecule has 160 valence electrons. The minimum atomic E-state index is -0.595. The zero-order valence-electron chi connectivity index (χ0n) is 18.4. The first-order valence-electron chi connectivity index (χ1n) is 10.2. The molecule has 1 aliphatic rings. The summed E-state index contributed by atoms with van der Waals surface area (Å²) in [4.78, 5) is 42.6. The van der Waals surface area contributed by atoms with Crippen molar-refractivity contribution < 1.29 is 19.1 Å². The summed E-state index contributed by atoms with van der Waals surface area (Å²) in [6.07, 6.45) is 4.51. The van der Waals surface area contributed by atoms with E-state index in [1.54, 1.807) is 24.1 Å². The monoisotopic (exact) mass is 419 g/mol. The Morgan fingerprint density at radius 2 is 1.94 bits per heavy atom. The van der Waals surface area contributed by atoms with Crippen LogP contribution < -0.4 is 4.90 Å². The lowest BCUT2D eigenvalue weighted by Crippen LogP contribution is -2.36. The van der Waals surface area contributed by atoms with Gasteiger partial charge >= 0.3 is 6.09 Å². The van der Waals surface area contributed by atoms with Crippen molar-refractivity contribution in [3.63, 3.8) is 0 Å². The Bertz CT molecular complexity index is 1230. The summed E-state index contributed by atoms with van der Waals surface area (Å²) in [5.41, 5.74) is 4.56. The number of hydrogen-bond acceptors (Lipinski definition) is 5.